The van der Waals surface area contributed by atoms with E-state index in [1.807, 2.05) is 42.5 Å². The first-order valence-electron chi connectivity index (χ1n) is 7.31. The second-order valence-electron chi connectivity index (χ2n) is 5.87. The van der Waals surface area contributed by atoms with Crippen LogP contribution in [0.5, 0.6) is 0 Å². The summed E-state index contributed by atoms with van der Waals surface area (Å²) in [7, 11) is -3.52. The summed E-state index contributed by atoms with van der Waals surface area (Å²) >= 11 is 0. The topological polar surface area (TPSA) is 66.4 Å². The Morgan fingerprint density at radius 2 is 1.55 bits per heavy atom. The van der Waals surface area contributed by atoms with Crippen LogP contribution in [0.25, 0.3) is 11.1 Å². The van der Waals surface area contributed by atoms with E-state index in [-0.39, 0.29) is 16.9 Å². The van der Waals surface area contributed by atoms with Crippen molar-refractivity contribution in [2.24, 2.45) is 5.41 Å². The number of nitrogens with one attached hydrogen (secondary N) is 1. The minimum Gasteiger partial charge on any atom is -0.396 e. The van der Waals surface area contributed by atoms with Gasteiger partial charge in [-0.3, -0.25) is 0 Å². The van der Waals surface area contributed by atoms with E-state index in [0.717, 1.165) is 24.0 Å². The Morgan fingerprint density at radius 1 is 0.955 bits per heavy atom. The average Bonchev–Trinajstić information content (AvgIpc) is 3.35. The van der Waals surface area contributed by atoms with Gasteiger partial charge >= 0.3 is 0 Å². The molecule has 116 valence electrons. The smallest absolute Gasteiger partial charge is 0.240 e. The third kappa shape index (κ3) is 3.21. The maximum absolute atomic E-state index is 12.3. The first kappa shape index (κ1) is 15.2. The number of sulfonamides is 1. The van der Waals surface area contributed by atoms with Crippen LogP contribution in [0.4, 0.5) is 0 Å². The first-order chi connectivity index (χ1) is 10.5. The lowest BCUT2D eigenvalue weighted by molar-refractivity contribution is 0.213. The van der Waals surface area contributed by atoms with E-state index in [9.17, 15) is 13.5 Å². The standard InChI is InChI=1S/C17H19NO3S/c19-13-17(10-11-17)12-18-22(20,21)16-8-6-15(7-9-16)14-4-2-1-3-5-14/h1-9,18-19H,10-13H2. The quantitative estimate of drug-likeness (QED) is 0.860. The van der Waals surface area contributed by atoms with E-state index < -0.39 is 10.0 Å². The molecule has 22 heavy (non-hydrogen) atoms. The maximum atomic E-state index is 12.3. The average molecular weight is 317 g/mol. The lowest BCUT2D eigenvalue weighted by Gasteiger charge is -2.13. The summed E-state index contributed by atoms with van der Waals surface area (Å²) in [6.07, 6.45) is 1.75. The molecule has 0 spiro atoms. The molecule has 1 aliphatic carbocycles. The van der Waals surface area contributed by atoms with Gasteiger partial charge in [-0.1, -0.05) is 42.5 Å². The Balaban J connectivity index is 1.74. The number of benzene rings is 2. The minimum atomic E-state index is -3.52. The van der Waals surface area contributed by atoms with E-state index >= 15 is 0 Å². The molecule has 0 bridgehead atoms. The minimum absolute atomic E-state index is 0.0302. The number of aliphatic hydroxyl groups is 1. The molecule has 0 heterocycles. The van der Waals surface area contributed by atoms with Gasteiger partial charge in [0.15, 0.2) is 0 Å². The SMILES string of the molecule is O=S(=O)(NCC1(CO)CC1)c1ccc(-c2ccccc2)cc1. The van der Waals surface area contributed by atoms with Gasteiger partial charge in [0.2, 0.25) is 10.0 Å². The van der Waals surface area contributed by atoms with Crippen LogP contribution in [-0.4, -0.2) is 26.7 Å². The predicted octanol–water partition coefficient (Wildman–Crippen LogP) is 2.40. The summed E-state index contributed by atoms with van der Waals surface area (Å²) in [5.41, 5.74) is 1.79. The summed E-state index contributed by atoms with van der Waals surface area (Å²) < 4.78 is 27.2. The highest BCUT2D eigenvalue weighted by Crippen LogP contribution is 2.44. The van der Waals surface area contributed by atoms with Crippen molar-refractivity contribution in [1.29, 1.82) is 0 Å². The van der Waals surface area contributed by atoms with E-state index in [2.05, 4.69) is 4.72 Å². The number of hydrogen-bond donors (Lipinski definition) is 2. The molecule has 1 aliphatic rings. The molecule has 0 atom stereocenters. The first-order valence-corrected chi connectivity index (χ1v) is 8.79. The van der Waals surface area contributed by atoms with Gasteiger partial charge in [0.25, 0.3) is 0 Å². The van der Waals surface area contributed by atoms with Gasteiger partial charge in [0.1, 0.15) is 0 Å². The highest BCUT2D eigenvalue weighted by Gasteiger charge is 2.42. The Kier molecular flexibility index (Phi) is 4.04. The Bertz CT molecular complexity index is 735. The molecule has 0 radical (unpaired) electrons. The highest BCUT2D eigenvalue weighted by atomic mass is 32.2. The van der Waals surface area contributed by atoms with Gasteiger partial charge in [-0.05, 0) is 36.1 Å². The molecule has 1 fully saturated rings. The zero-order valence-electron chi connectivity index (χ0n) is 12.2. The second-order valence-corrected chi connectivity index (χ2v) is 7.64. The summed E-state index contributed by atoms with van der Waals surface area (Å²) in [6, 6.07) is 16.7. The summed E-state index contributed by atoms with van der Waals surface area (Å²) in [5, 5.41) is 9.25. The van der Waals surface area contributed by atoms with Gasteiger partial charge in [0.05, 0.1) is 4.90 Å². The zero-order chi connectivity index (χ0) is 15.6. The lowest BCUT2D eigenvalue weighted by atomic mass is 10.1. The van der Waals surface area contributed by atoms with Crippen LogP contribution in [0.2, 0.25) is 0 Å². The third-order valence-electron chi connectivity index (χ3n) is 4.20. The van der Waals surface area contributed by atoms with Crippen LogP contribution in [0.1, 0.15) is 12.8 Å². The van der Waals surface area contributed by atoms with Crippen molar-refractivity contribution in [2.75, 3.05) is 13.2 Å². The molecule has 0 amide bonds. The fourth-order valence-corrected chi connectivity index (χ4v) is 3.51. The van der Waals surface area contributed by atoms with Crippen molar-refractivity contribution in [3.8, 4) is 11.1 Å². The van der Waals surface area contributed by atoms with Crippen LogP contribution in [-0.2, 0) is 10.0 Å². The maximum Gasteiger partial charge on any atom is 0.240 e. The van der Waals surface area contributed by atoms with Crippen molar-refractivity contribution in [3.63, 3.8) is 0 Å². The molecule has 5 heteroatoms. The van der Waals surface area contributed by atoms with Crippen molar-refractivity contribution >= 4 is 10.0 Å². The van der Waals surface area contributed by atoms with E-state index in [1.165, 1.54) is 0 Å². The Morgan fingerprint density at radius 3 is 2.09 bits per heavy atom. The van der Waals surface area contributed by atoms with Gasteiger partial charge in [-0.25, -0.2) is 13.1 Å². The summed E-state index contributed by atoms with van der Waals surface area (Å²) in [4.78, 5) is 0.251. The second kappa shape index (κ2) is 5.83. The normalized spacial score (nSPS) is 16.4. The molecule has 2 N–H and O–H groups in total. The molecule has 3 rings (SSSR count). The third-order valence-corrected chi connectivity index (χ3v) is 5.62. The molecule has 1 saturated carbocycles. The molecular weight excluding hydrogens is 298 g/mol. The fraction of sp³-hybridized carbons (Fsp3) is 0.294. The molecule has 2 aromatic rings. The Labute approximate surface area is 130 Å². The van der Waals surface area contributed by atoms with Crippen molar-refractivity contribution in [2.45, 2.75) is 17.7 Å². The molecule has 0 aromatic heterocycles. The van der Waals surface area contributed by atoms with Crippen LogP contribution < -0.4 is 4.72 Å². The molecule has 2 aromatic carbocycles. The van der Waals surface area contributed by atoms with Gasteiger partial charge in [0, 0.05) is 18.6 Å². The highest BCUT2D eigenvalue weighted by molar-refractivity contribution is 7.89. The molecule has 0 saturated heterocycles. The van der Waals surface area contributed by atoms with Gasteiger partial charge < -0.3 is 5.11 Å². The summed E-state index contributed by atoms with van der Waals surface area (Å²) in [5.74, 6) is 0. The number of hydrogen-bond acceptors (Lipinski definition) is 3. The molecule has 0 aliphatic heterocycles. The monoisotopic (exact) mass is 317 g/mol. The molecular formula is C17H19NO3S. The Hall–Kier alpha value is -1.69. The fourth-order valence-electron chi connectivity index (χ4n) is 2.36. The van der Waals surface area contributed by atoms with E-state index in [1.54, 1.807) is 12.1 Å². The van der Waals surface area contributed by atoms with Crippen LogP contribution >= 0.6 is 0 Å². The zero-order valence-corrected chi connectivity index (χ0v) is 13.0. The number of rotatable bonds is 6. The van der Waals surface area contributed by atoms with Crippen molar-refractivity contribution < 1.29 is 13.5 Å². The molecule has 0 unspecified atom stereocenters. The van der Waals surface area contributed by atoms with Crippen LogP contribution in [0.15, 0.2) is 59.5 Å². The predicted molar refractivity (Wildman–Crippen MR) is 85.8 cm³/mol. The van der Waals surface area contributed by atoms with Crippen LogP contribution in [0, 0.1) is 5.41 Å². The lowest BCUT2D eigenvalue weighted by Crippen LogP contribution is -2.31. The summed E-state index contributed by atoms with van der Waals surface area (Å²) in [6.45, 7) is 0.328. The largest absolute Gasteiger partial charge is 0.396 e. The number of aliphatic hydroxyl groups excluding tert-OH is 1. The van der Waals surface area contributed by atoms with Gasteiger partial charge in [-0.2, -0.15) is 0 Å². The van der Waals surface area contributed by atoms with Crippen molar-refractivity contribution in [3.05, 3.63) is 54.6 Å². The van der Waals surface area contributed by atoms with E-state index in [4.69, 9.17) is 0 Å². The van der Waals surface area contributed by atoms with Gasteiger partial charge in [-0.15, -0.1) is 0 Å². The van der Waals surface area contributed by atoms with Crippen molar-refractivity contribution in [1.82, 2.24) is 4.72 Å². The van der Waals surface area contributed by atoms with E-state index in [0.29, 0.717) is 6.54 Å². The van der Waals surface area contributed by atoms with Crippen LogP contribution in [0.3, 0.4) is 0 Å². The molecule has 4 nitrogen and oxygen atoms in total.